The molecular weight excluding hydrogens is 266 g/mol. The van der Waals surface area contributed by atoms with Crippen LogP contribution in [0.5, 0.6) is 0 Å². The van der Waals surface area contributed by atoms with Crippen LogP contribution in [0.15, 0.2) is 18.2 Å². The van der Waals surface area contributed by atoms with Crippen molar-refractivity contribution in [1.82, 2.24) is 4.90 Å². The van der Waals surface area contributed by atoms with Crippen LogP contribution in [-0.2, 0) is 4.79 Å². The molecule has 1 unspecified atom stereocenters. The van der Waals surface area contributed by atoms with Crippen molar-refractivity contribution in [3.63, 3.8) is 0 Å². The van der Waals surface area contributed by atoms with Gasteiger partial charge in [-0.25, -0.2) is 0 Å². The molecule has 0 radical (unpaired) electrons. The largest absolute Gasteiger partial charge is 0.481 e. The average molecular weight is 282 g/mol. The Morgan fingerprint density at radius 3 is 2.84 bits per heavy atom. The van der Waals surface area contributed by atoms with Crippen LogP contribution >= 0.6 is 11.6 Å². The van der Waals surface area contributed by atoms with E-state index in [1.54, 1.807) is 23.1 Å². The van der Waals surface area contributed by atoms with Crippen molar-refractivity contribution >= 4 is 23.5 Å². The molecule has 1 amide bonds. The molecule has 0 bridgehead atoms. The van der Waals surface area contributed by atoms with Crippen LogP contribution in [0, 0.1) is 6.92 Å². The van der Waals surface area contributed by atoms with Gasteiger partial charge in [-0.1, -0.05) is 11.6 Å². The molecule has 1 aromatic rings. The van der Waals surface area contributed by atoms with E-state index in [1.165, 1.54) is 0 Å². The SMILES string of the molecule is Cc1cc(Cl)ccc1C(=O)N1CCCC1CC(=O)O. The molecule has 1 fully saturated rings. The predicted octanol–water partition coefficient (Wildman–Crippen LogP) is 2.73. The zero-order valence-electron chi connectivity index (χ0n) is 10.7. The molecule has 1 saturated heterocycles. The predicted molar refractivity (Wildman–Crippen MR) is 72.5 cm³/mol. The molecule has 1 aromatic carbocycles. The van der Waals surface area contributed by atoms with E-state index < -0.39 is 5.97 Å². The van der Waals surface area contributed by atoms with E-state index in [2.05, 4.69) is 0 Å². The molecule has 0 aliphatic carbocycles. The minimum atomic E-state index is -0.863. The van der Waals surface area contributed by atoms with Crippen molar-refractivity contribution in [3.8, 4) is 0 Å². The van der Waals surface area contributed by atoms with Gasteiger partial charge in [0.15, 0.2) is 0 Å². The summed E-state index contributed by atoms with van der Waals surface area (Å²) in [5.74, 6) is -0.963. The Balaban J connectivity index is 2.20. The summed E-state index contributed by atoms with van der Waals surface area (Å²) in [7, 11) is 0. The number of aliphatic carboxylic acids is 1. The number of halogens is 1. The highest BCUT2D eigenvalue weighted by Crippen LogP contribution is 2.24. The molecule has 102 valence electrons. The van der Waals surface area contributed by atoms with E-state index in [-0.39, 0.29) is 18.4 Å². The maximum absolute atomic E-state index is 12.5. The fraction of sp³-hybridized carbons (Fsp3) is 0.429. The lowest BCUT2D eigenvalue weighted by molar-refractivity contribution is -0.137. The third-order valence-corrected chi connectivity index (χ3v) is 3.70. The molecule has 2 rings (SSSR count). The summed E-state index contributed by atoms with van der Waals surface area (Å²) in [6.45, 7) is 2.46. The number of hydrogen-bond acceptors (Lipinski definition) is 2. The highest BCUT2D eigenvalue weighted by atomic mass is 35.5. The van der Waals surface area contributed by atoms with Crippen LogP contribution in [0.1, 0.15) is 35.2 Å². The first-order chi connectivity index (χ1) is 8.99. The summed E-state index contributed by atoms with van der Waals surface area (Å²) in [6, 6.07) is 4.94. The molecule has 19 heavy (non-hydrogen) atoms. The Kier molecular flexibility index (Phi) is 4.10. The van der Waals surface area contributed by atoms with Gasteiger partial charge in [-0.2, -0.15) is 0 Å². The molecule has 1 N–H and O–H groups in total. The molecular formula is C14H16ClNO3. The second-order valence-electron chi connectivity index (χ2n) is 4.85. The lowest BCUT2D eigenvalue weighted by Gasteiger charge is -2.24. The lowest BCUT2D eigenvalue weighted by atomic mass is 10.1. The Hall–Kier alpha value is -1.55. The van der Waals surface area contributed by atoms with Crippen molar-refractivity contribution in [2.24, 2.45) is 0 Å². The minimum absolute atomic E-state index is 0.0123. The summed E-state index contributed by atoms with van der Waals surface area (Å²) in [4.78, 5) is 24.9. The lowest BCUT2D eigenvalue weighted by Crippen LogP contribution is -2.37. The first-order valence-corrected chi connectivity index (χ1v) is 6.65. The van der Waals surface area contributed by atoms with E-state index in [1.807, 2.05) is 6.92 Å². The third kappa shape index (κ3) is 3.07. The van der Waals surface area contributed by atoms with Crippen LogP contribution in [0.4, 0.5) is 0 Å². The zero-order valence-corrected chi connectivity index (χ0v) is 11.5. The molecule has 1 aliphatic rings. The molecule has 1 atom stereocenters. The normalized spacial score (nSPS) is 18.6. The number of carboxylic acid groups (broad SMARTS) is 1. The van der Waals surface area contributed by atoms with Crippen molar-refractivity contribution in [3.05, 3.63) is 34.3 Å². The smallest absolute Gasteiger partial charge is 0.305 e. The highest BCUT2D eigenvalue weighted by Gasteiger charge is 2.31. The molecule has 0 spiro atoms. The van der Waals surface area contributed by atoms with Gasteiger partial charge in [-0.05, 0) is 43.5 Å². The van der Waals surface area contributed by atoms with Crippen molar-refractivity contribution in [1.29, 1.82) is 0 Å². The van der Waals surface area contributed by atoms with Gasteiger partial charge in [0.05, 0.1) is 6.42 Å². The topological polar surface area (TPSA) is 57.6 Å². The number of carboxylic acids is 1. The number of hydrogen-bond donors (Lipinski definition) is 1. The van der Waals surface area contributed by atoms with Gasteiger partial charge in [0.1, 0.15) is 0 Å². The van der Waals surface area contributed by atoms with Crippen LogP contribution in [-0.4, -0.2) is 34.5 Å². The Morgan fingerprint density at radius 2 is 2.21 bits per heavy atom. The van der Waals surface area contributed by atoms with E-state index >= 15 is 0 Å². The second-order valence-corrected chi connectivity index (χ2v) is 5.29. The Morgan fingerprint density at radius 1 is 1.47 bits per heavy atom. The Bertz CT molecular complexity index is 515. The molecule has 5 heteroatoms. The van der Waals surface area contributed by atoms with Crippen molar-refractivity contribution < 1.29 is 14.7 Å². The van der Waals surface area contributed by atoms with Crippen LogP contribution in [0.2, 0.25) is 5.02 Å². The third-order valence-electron chi connectivity index (χ3n) is 3.47. The molecule has 1 heterocycles. The fourth-order valence-corrected chi connectivity index (χ4v) is 2.77. The number of benzene rings is 1. The quantitative estimate of drug-likeness (QED) is 0.927. The summed E-state index contributed by atoms with van der Waals surface area (Å²) in [5.41, 5.74) is 1.42. The number of carbonyl (C=O) groups is 2. The maximum atomic E-state index is 12.5. The standard InChI is InChI=1S/C14H16ClNO3/c1-9-7-10(15)4-5-12(9)14(19)16-6-2-3-11(16)8-13(17)18/h4-5,7,11H,2-3,6,8H2,1H3,(H,17,18). The van der Waals surface area contributed by atoms with E-state index in [9.17, 15) is 9.59 Å². The van der Waals surface area contributed by atoms with E-state index in [0.29, 0.717) is 17.1 Å². The number of likely N-dealkylation sites (tertiary alicyclic amines) is 1. The monoisotopic (exact) mass is 281 g/mol. The van der Waals surface area contributed by atoms with Crippen LogP contribution in [0.25, 0.3) is 0 Å². The summed E-state index contributed by atoms with van der Waals surface area (Å²) >= 11 is 5.88. The fourth-order valence-electron chi connectivity index (χ4n) is 2.54. The number of aryl methyl sites for hydroxylation is 1. The number of nitrogens with zero attached hydrogens (tertiary/aromatic N) is 1. The van der Waals surface area contributed by atoms with Gasteiger partial charge < -0.3 is 10.0 Å². The van der Waals surface area contributed by atoms with Crippen LogP contribution < -0.4 is 0 Å². The summed E-state index contributed by atoms with van der Waals surface area (Å²) < 4.78 is 0. The van der Waals surface area contributed by atoms with Gasteiger partial charge >= 0.3 is 5.97 Å². The van der Waals surface area contributed by atoms with Crippen molar-refractivity contribution in [2.45, 2.75) is 32.2 Å². The first kappa shape index (κ1) is 13.9. The van der Waals surface area contributed by atoms with Gasteiger partial charge in [0, 0.05) is 23.2 Å². The van der Waals surface area contributed by atoms with Gasteiger partial charge in [-0.15, -0.1) is 0 Å². The molecule has 0 saturated carbocycles. The van der Waals surface area contributed by atoms with Gasteiger partial charge in [0.25, 0.3) is 5.91 Å². The van der Waals surface area contributed by atoms with E-state index in [0.717, 1.165) is 18.4 Å². The minimum Gasteiger partial charge on any atom is -0.481 e. The number of rotatable bonds is 3. The van der Waals surface area contributed by atoms with Gasteiger partial charge in [-0.3, -0.25) is 9.59 Å². The summed E-state index contributed by atoms with van der Waals surface area (Å²) in [6.07, 6.45) is 1.62. The van der Waals surface area contributed by atoms with Crippen molar-refractivity contribution in [2.75, 3.05) is 6.54 Å². The maximum Gasteiger partial charge on any atom is 0.305 e. The first-order valence-electron chi connectivity index (χ1n) is 6.28. The van der Waals surface area contributed by atoms with Crippen LogP contribution in [0.3, 0.4) is 0 Å². The number of amides is 1. The zero-order chi connectivity index (χ0) is 14.0. The second kappa shape index (κ2) is 5.61. The molecule has 1 aliphatic heterocycles. The highest BCUT2D eigenvalue weighted by molar-refractivity contribution is 6.30. The van der Waals surface area contributed by atoms with E-state index in [4.69, 9.17) is 16.7 Å². The molecule has 4 nitrogen and oxygen atoms in total. The van der Waals surface area contributed by atoms with Gasteiger partial charge in [0.2, 0.25) is 0 Å². The molecule has 0 aromatic heterocycles. The average Bonchev–Trinajstić information content (AvgIpc) is 2.75. The number of carbonyl (C=O) groups excluding carboxylic acids is 1. The summed E-state index contributed by atoms with van der Waals surface area (Å²) in [5, 5.41) is 9.47. The Labute approximate surface area is 117 Å².